The maximum absolute atomic E-state index is 12.6. The number of amides is 2. The number of carbonyl (C=O) groups is 2. The summed E-state index contributed by atoms with van der Waals surface area (Å²) in [5, 5.41) is 14.6. The molecule has 0 bridgehead atoms. The fourth-order valence-corrected chi connectivity index (χ4v) is 4.05. The summed E-state index contributed by atoms with van der Waals surface area (Å²) >= 11 is 5.86. The molecule has 7 heteroatoms. The van der Waals surface area contributed by atoms with E-state index >= 15 is 0 Å². The molecule has 0 radical (unpaired) electrons. The average Bonchev–Trinajstić information content (AvgIpc) is 2.68. The summed E-state index contributed by atoms with van der Waals surface area (Å²) in [5.41, 5.74) is 0.571. The first-order valence-electron chi connectivity index (χ1n) is 9.68. The molecule has 2 aliphatic heterocycles. The first-order valence-corrected chi connectivity index (χ1v) is 10.1. The lowest BCUT2D eigenvalue weighted by atomic mass is 9.98. The second-order valence-corrected chi connectivity index (χ2v) is 7.94. The molecular weight excluding hydrogens is 366 g/mol. The van der Waals surface area contributed by atoms with E-state index in [2.05, 4.69) is 5.32 Å². The predicted molar refractivity (Wildman–Crippen MR) is 104 cm³/mol. The van der Waals surface area contributed by atoms with E-state index in [4.69, 9.17) is 11.6 Å². The molecule has 27 heavy (non-hydrogen) atoms. The van der Waals surface area contributed by atoms with Crippen LogP contribution in [0.3, 0.4) is 0 Å². The van der Waals surface area contributed by atoms with Crippen LogP contribution in [0.4, 0.5) is 0 Å². The van der Waals surface area contributed by atoms with E-state index in [1.807, 2.05) is 4.90 Å². The lowest BCUT2D eigenvalue weighted by Gasteiger charge is -2.38. The molecule has 2 heterocycles. The van der Waals surface area contributed by atoms with Crippen LogP contribution in [0.1, 0.15) is 44.3 Å². The number of aliphatic hydroxyl groups is 1. The number of aliphatic hydroxyl groups excluding tert-OH is 1. The molecule has 148 valence electrons. The Morgan fingerprint density at radius 1 is 1.00 bits per heavy atom. The molecule has 0 aliphatic carbocycles. The fraction of sp³-hybridized carbons (Fsp3) is 0.600. The number of halogens is 1. The normalized spacial score (nSPS) is 20.6. The molecule has 2 amide bonds. The van der Waals surface area contributed by atoms with Crippen LogP contribution in [0.5, 0.6) is 0 Å². The van der Waals surface area contributed by atoms with Crippen molar-refractivity contribution in [3.63, 3.8) is 0 Å². The van der Waals surface area contributed by atoms with Crippen LogP contribution >= 0.6 is 11.6 Å². The molecule has 1 aromatic carbocycles. The van der Waals surface area contributed by atoms with Gasteiger partial charge in [0.25, 0.3) is 5.91 Å². The highest BCUT2D eigenvalue weighted by molar-refractivity contribution is 6.30. The van der Waals surface area contributed by atoms with Gasteiger partial charge in [0.05, 0.1) is 0 Å². The highest BCUT2D eigenvalue weighted by atomic mass is 35.5. The number of nitrogens with one attached hydrogen (secondary N) is 1. The van der Waals surface area contributed by atoms with E-state index in [1.165, 1.54) is 0 Å². The zero-order chi connectivity index (χ0) is 19.4. The van der Waals surface area contributed by atoms with Crippen LogP contribution < -0.4 is 5.32 Å². The Balaban J connectivity index is 1.44. The SMILES string of the molecule is CC(=O)N1CCC(NC2CCN(C(=O)C(O)c3ccc(Cl)cc3)CC2)CC1. The third kappa shape index (κ3) is 5.21. The van der Waals surface area contributed by atoms with Gasteiger partial charge in [0.2, 0.25) is 5.91 Å². The van der Waals surface area contributed by atoms with E-state index in [0.29, 0.717) is 35.8 Å². The Hall–Kier alpha value is -1.63. The van der Waals surface area contributed by atoms with Gasteiger partial charge in [-0.2, -0.15) is 0 Å². The summed E-state index contributed by atoms with van der Waals surface area (Å²) in [7, 11) is 0. The zero-order valence-electron chi connectivity index (χ0n) is 15.7. The van der Waals surface area contributed by atoms with Crippen LogP contribution in [-0.4, -0.2) is 65.0 Å². The molecule has 1 unspecified atom stereocenters. The molecule has 2 fully saturated rings. The van der Waals surface area contributed by atoms with Gasteiger partial charge in [-0.05, 0) is 43.4 Å². The van der Waals surface area contributed by atoms with Gasteiger partial charge in [-0.15, -0.1) is 0 Å². The van der Waals surface area contributed by atoms with Crippen LogP contribution in [0.25, 0.3) is 0 Å². The summed E-state index contributed by atoms with van der Waals surface area (Å²) in [5.74, 6) is -0.0925. The molecule has 1 aromatic rings. The molecule has 0 spiro atoms. The molecule has 1 atom stereocenters. The van der Waals surface area contributed by atoms with Crippen molar-refractivity contribution in [1.82, 2.24) is 15.1 Å². The second-order valence-electron chi connectivity index (χ2n) is 7.50. The van der Waals surface area contributed by atoms with E-state index in [-0.39, 0.29) is 11.8 Å². The molecule has 2 saturated heterocycles. The second kappa shape index (κ2) is 9.04. The van der Waals surface area contributed by atoms with Crippen molar-refractivity contribution >= 4 is 23.4 Å². The number of piperidine rings is 2. The van der Waals surface area contributed by atoms with Gasteiger partial charge in [0.1, 0.15) is 0 Å². The maximum atomic E-state index is 12.6. The summed E-state index contributed by atoms with van der Waals surface area (Å²) in [6.45, 7) is 4.55. The molecule has 0 aromatic heterocycles. The molecule has 6 nitrogen and oxygen atoms in total. The van der Waals surface area contributed by atoms with Crippen molar-refractivity contribution < 1.29 is 14.7 Å². The summed E-state index contributed by atoms with van der Waals surface area (Å²) in [4.78, 5) is 27.6. The quantitative estimate of drug-likeness (QED) is 0.820. The smallest absolute Gasteiger partial charge is 0.256 e. The number of likely N-dealkylation sites (tertiary alicyclic amines) is 2. The first kappa shape index (κ1) is 20.1. The molecule has 2 N–H and O–H groups in total. The van der Waals surface area contributed by atoms with Crippen LogP contribution in [0, 0.1) is 0 Å². The topological polar surface area (TPSA) is 72.9 Å². The maximum Gasteiger partial charge on any atom is 0.256 e. The van der Waals surface area contributed by atoms with E-state index < -0.39 is 6.10 Å². The third-order valence-corrected chi connectivity index (χ3v) is 5.89. The van der Waals surface area contributed by atoms with Crippen molar-refractivity contribution in [1.29, 1.82) is 0 Å². The largest absolute Gasteiger partial charge is 0.378 e. The number of hydrogen-bond donors (Lipinski definition) is 2. The minimum absolute atomic E-state index is 0.152. The highest BCUT2D eigenvalue weighted by Gasteiger charge is 2.29. The Morgan fingerprint density at radius 3 is 1.96 bits per heavy atom. The summed E-state index contributed by atoms with van der Waals surface area (Å²) in [6, 6.07) is 7.56. The fourth-order valence-electron chi connectivity index (χ4n) is 3.92. The molecule has 0 saturated carbocycles. The molecular formula is C20H28ClN3O3. The summed E-state index contributed by atoms with van der Waals surface area (Å²) < 4.78 is 0. The lowest BCUT2D eigenvalue weighted by molar-refractivity contribution is -0.141. The van der Waals surface area contributed by atoms with E-state index in [0.717, 1.165) is 38.8 Å². The van der Waals surface area contributed by atoms with Crippen molar-refractivity contribution in [3.8, 4) is 0 Å². The number of benzene rings is 1. The van der Waals surface area contributed by atoms with Crippen molar-refractivity contribution in [2.24, 2.45) is 0 Å². The Morgan fingerprint density at radius 2 is 1.48 bits per heavy atom. The monoisotopic (exact) mass is 393 g/mol. The van der Waals surface area contributed by atoms with Gasteiger partial charge in [-0.25, -0.2) is 0 Å². The van der Waals surface area contributed by atoms with E-state index in [1.54, 1.807) is 36.1 Å². The van der Waals surface area contributed by atoms with Crippen LogP contribution in [0.2, 0.25) is 5.02 Å². The van der Waals surface area contributed by atoms with Gasteiger partial charge in [0.15, 0.2) is 6.10 Å². The third-order valence-electron chi connectivity index (χ3n) is 5.64. The highest BCUT2D eigenvalue weighted by Crippen LogP contribution is 2.22. The van der Waals surface area contributed by atoms with Gasteiger partial charge >= 0.3 is 0 Å². The van der Waals surface area contributed by atoms with Crippen molar-refractivity contribution in [2.45, 2.75) is 50.8 Å². The number of hydrogen-bond acceptors (Lipinski definition) is 4. The predicted octanol–water partition coefficient (Wildman–Crippen LogP) is 1.96. The van der Waals surface area contributed by atoms with Gasteiger partial charge in [-0.3, -0.25) is 9.59 Å². The Bertz CT molecular complexity index is 651. The first-order chi connectivity index (χ1) is 12.9. The minimum atomic E-state index is -1.14. The van der Waals surface area contributed by atoms with E-state index in [9.17, 15) is 14.7 Å². The number of carbonyl (C=O) groups excluding carboxylic acids is 2. The zero-order valence-corrected chi connectivity index (χ0v) is 16.5. The van der Waals surface area contributed by atoms with Crippen molar-refractivity contribution in [3.05, 3.63) is 34.9 Å². The Labute approximate surface area is 165 Å². The van der Waals surface area contributed by atoms with Crippen molar-refractivity contribution in [2.75, 3.05) is 26.2 Å². The standard InChI is InChI=1S/C20H28ClN3O3/c1-14(25)23-10-6-17(7-11-23)22-18-8-12-24(13-9-18)20(27)19(26)15-2-4-16(21)5-3-15/h2-5,17-19,22,26H,6-13H2,1H3. The van der Waals surface area contributed by atoms with Crippen LogP contribution in [0.15, 0.2) is 24.3 Å². The minimum Gasteiger partial charge on any atom is -0.378 e. The molecule has 2 aliphatic rings. The van der Waals surface area contributed by atoms with Crippen LogP contribution in [-0.2, 0) is 9.59 Å². The van der Waals surface area contributed by atoms with Gasteiger partial charge < -0.3 is 20.2 Å². The average molecular weight is 394 g/mol. The summed E-state index contributed by atoms with van der Waals surface area (Å²) in [6.07, 6.45) is 2.59. The Kier molecular flexibility index (Phi) is 6.73. The lowest BCUT2D eigenvalue weighted by Crippen LogP contribution is -2.51. The van der Waals surface area contributed by atoms with Gasteiger partial charge in [-0.1, -0.05) is 23.7 Å². The van der Waals surface area contributed by atoms with Gasteiger partial charge in [0, 0.05) is 50.2 Å². The number of rotatable bonds is 4. The number of nitrogens with zero attached hydrogens (tertiary/aromatic N) is 2. The molecule has 3 rings (SSSR count).